The lowest BCUT2D eigenvalue weighted by Crippen LogP contribution is -2.18. The van der Waals surface area contributed by atoms with E-state index in [-0.39, 0.29) is 0 Å². The number of hydrogen-bond acceptors (Lipinski definition) is 6. The molecule has 0 radical (unpaired) electrons. The molecule has 0 fully saturated rings. The van der Waals surface area contributed by atoms with Crippen LogP contribution < -0.4 is 4.90 Å². The molecule has 4 rings (SSSR count). The Morgan fingerprint density at radius 3 is 2.62 bits per heavy atom. The van der Waals surface area contributed by atoms with Gasteiger partial charge in [0.15, 0.2) is 5.65 Å². The van der Waals surface area contributed by atoms with Crippen LogP contribution in [0.4, 0.5) is 5.82 Å². The van der Waals surface area contributed by atoms with E-state index in [0.717, 1.165) is 16.7 Å². The molecule has 24 heavy (non-hydrogen) atoms. The zero-order valence-corrected chi connectivity index (χ0v) is 13.7. The average Bonchev–Trinajstić information content (AvgIpc) is 3.22. The number of fused-ring (bicyclic) bond motifs is 1. The molecular formula is C17H17N5O2. The zero-order chi connectivity index (χ0) is 16.7. The lowest BCUT2D eigenvalue weighted by molar-refractivity contribution is -0.234. The Bertz CT molecular complexity index is 927. The van der Waals surface area contributed by atoms with Gasteiger partial charge in [0.1, 0.15) is 18.8 Å². The van der Waals surface area contributed by atoms with Gasteiger partial charge in [-0.1, -0.05) is 6.07 Å². The van der Waals surface area contributed by atoms with E-state index < -0.39 is 0 Å². The van der Waals surface area contributed by atoms with Crippen LogP contribution in [0.5, 0.6) is 0 Å². The summed E-state index contributed by atoms with van der Waals surface area (Å²) in [5, 5.41) is 5.36. The van der Waals surface area contributed by atoms with Crippen LogP contribution in [0.15, 0.2) is 42.7 Å². The van der Waals surface area contributed by atoms with E-state index in [1.807, 2.05) is 22.7 Å². The lowest BCUT2D eigenvalue weighted by Gasteiger charge is -2.17. The molecule has 3 heterocycles. The van der Waals surface area contributed by atoms with Crippen LogP contribution in [0.1, 0.15) is 11.1 Å². The van der Waals surface area contributed by atoms with Crippen LogP contribution in [0.25, 0.3) is 16.7 Å². The summed E-state index contributed by atoms with van der Waals surface area (Å²) >= 11 is 0. The maximum absolute atomic E-state index is 5.14. The Balaban J connectivity index is 1.84. The summed E-state index contributed by atoms with van der Waals surface area (Å²) in [4.78, 5) is 20.7. The molecule has 3 aromatic rings. The standard InChI is InChI=1S/C17H17N5O2/c1-11-6-12(2)8-13(7-11)22-17-14(9-20-22)16(18-10-19-17)21(3)15-4-5-23-24-15/h4,6-10H,5H2,1-3H3. The Kier molecular flexibility index (Phi) is 3.42. The summed E-state index contributed by atoms with van der Waals surface area (Å²) in [5.74, 6) is 1.32. The molecule has 0 N–H and O–H groups in total. The van der Waals surface area contributed by atoms with Crippen molar-refractivity contribution in [1.29, 1.82) is 0 Å². The van der Waals surface area contributed by atoms with E-state index >= 15 is 0 Å². The van der Waals surface area contributed by atoms with Crippen molar-refractivity contribution in [2.45, 2.75) is 13.8 Å². The highest BCUT2D eigenvalue weighted by atomic mass is 17.2. The van der Waals surface area contributed by atoms with E-state index in [9.17, 15) is 0 Å². The third-order valence-corrected chi connectivity index (χ3v) is 3.91. The van der Waals surface area contributed by atoms with Gasteiger partial charge in [-0.25, -0.2) is 14.6 Å². The minimum absolute atomic E-state index is 0.426. The molecule has 7 heteroatoms. The first-order valence-electron chi connectivity index (χ1n) is 7.64. The molecule has 0 amide bonds. The van der Waals surface area contributed by atoms with E-state index in [1.165, 1.54) is 17.5 Å². The summed E-state index contributed by atoms with van der Waals surface area (Å²) in [5.41, 5.74) is 4.09. The van der Waals surface area contributed by atoms with Crippen molar-refractivity contribution >= 4 is 16.9 Å². The minimum atomic E-state index is 0.426. The van der Waals surface area contributed by atoms with Crippen LogP contribution >= 0.6 is 0 Å². The van der Waals surface area contributed by atoms with Crippen molar-refractivity contribution < 1.29 is 9.78 Å². The molecular weight excluding hydrogens is 306 g/mol. The molecule has 1 aromatic carbocycles. The topological polar surface area (TPSA) is 65.3 Å². The van der Waals surface area contributed by atoms with E-state index in [2.05, 4.69) is 47.1 Å². The number of hydrogen-bond donors (Lipinski definition) is 0. The molecule has 1 aliphatic heterocycles. The molecule has 0 saturated carbocycles. The van der Waals surface area contributed by atoms with Crippen LogP contribution in [0.2, 0.25) is 0 Å². The number of rotatable bonds is 3. The molecule has 0 bridgehead atoms. The minimum Gasteiger partial charge on any atom is -0.319 e. The highest BCUT2D eigenvalue weighted by Gasteiger charge is 2.20. The number of aryl methyl sites for hydroxylation is 2. The molecule has 0 saturated heterocycles. The second-order valence-electron chi connectivity index (χ2n) is 5.81. The summed E-state index contributed by atoms with van der Waals surface area (Å²) in [6.07, 6.45) is 5.16. The van der Waals surface area contributed by atoms with E-state index in [1.54, 1.807) is 6.20 Å². The lowest BCUT2D eigenvalue weighted by atomic mass is 10.1. The quantitative estimate of drug-likeness (QED) is 0.691. The van der Waals surface area contributed by atoms with Crippen molar-refractivity contribution in [1.82, 2.24) is 19.7 Å². The Morgan fingerprint density at radius 2 is 1.92 bits per heavy atom. The van der Waals surface area contributed by atoms with Gasteiger partial charge < -0.3 is 4.89 Å². The average molecular weight is 323 g/mol. The van der Waals surface area contributed by atoms with Gasteiger partial charge in [-0.3, -0.25) is 4.90 Å². The summed E-state index contributed by atoms with van der Waals surface area (Å²) in [6.45, 7) is 4.57. The normalized spacial score (nSPS) is 13.9. The van der Waals surface area contributed by atoms with Gasteiger partial charge in [0.25, 0.3) is 0 Å². The second kappa shape index (κ2) is 5.61. The van der Waals surface area contributed by atoms with Gasteiger partial charge in [0.2, 0.25) is 5.88 Å². The Hall–Kier alpha value is -2.93. The molecule has 7 nitrogen and oxygen atoms in total. The van der Waals surface area contributed by atoms with Gasteiger partial charge in [-0.2, -0.15) is 9.99 Å². The third kappa shape index (κ3) is 2.39. The Morgan fingerprint density at radius 1 is 1.12 bits per heavy atom. The molecule has 2 aromatic heterocycles. The first-order valence-corrected chi connectivity index (χ1v) is 7.64. The van der Waals surface area contributed by atoms with Crippen molar-refractivity contribution in [2.75, 3.05) is 18.6 Å². The summed E-state index contributed by atoms with van der Waals surface area (Å²) < 4.78 is 1.83. The van der Waals surface area contributed by atoms with Crippen LogP contribution in [0.3, 0.4) is 0 Å². The van der Waals surface area contributed by atoms with Crippen LogP contribution in [-0.2, 0) is 9.78 Å². The van der Waals surface area contributed by atoms with Gasteiger partial charge in [-0.05, 0) is 37.1 Å². The van der Waals surface area contributed by atoms with E-state index in [0.29, 0.717) is 18.3 Å². The number of nitrogens with zero attached hydrogens (tertiary/aromatic N) is 5. The summed E-state index contributed by atoms with van der Waals surface area (Å²) in [6, 6.07) is 6.30. The maximum Gasteiger partial charge on any atom is 0.236 e. The fourth-order valence-corrected chi connectivity index (χ4v) is 2.89. The largest absolute Gasteiger partial charge is 0.319 e. The predicted octanol–water partition coefficient (Wildman–Crippen LogP) is 2.67. The number of anilines is 1. The summed E-state index contributed by atoms with van der Waals surface area (Å²) in [7, 11) is 1.87. The number of aromatic nitrogens is 4. The molecule has 0 aliphatic carbocycles. The van der Waals surface area contributed by atoms with Gasteiger partial charge in [0.05, 0.1) is 17.3 Å². The predicted molar refractivity (Wildman–Crippen MR) is 89.7 cm³/mol. The van der Waals surface area contributed by atoms with Gasteiger partial charge >= 0.3 is 0 Å². The van der Waals surface area contributed by atoms with Crippen molar-refractivity contribution in [3.63, 3.8) is 0 Å². The molecule has 0 spiro atoms. The molecule has 122 valence electrons. The molecule has 0 unspecified atom stereocenters. The van der Waals surface area contributed by atoms with Crippen LogP contribution in [0, 0.1) is 13.8 Å². The van der Waals surface area contributed by atoms with Gasteiger partial charge in [0, 0.05) is 13.1 Å². The third-order valence-electron chi connectivity index (χ3n) is 3.91. The first-order chi connectivity index (χ1) is 11.6. The van der Waals surface area contributed by atoms with Gasteiger partial charge in [-0.15, -0.1) is 0 Å². The highest BCUT2D eigenvalue weighted by Crippen LogP contribution is 2.27. The van der Waals surface area contributed by atoms with Crippen LogP contribution in [-0.4, -0.2) is 33.4 Å². The van der Waals surface area contributed by atoms with Crippen molar-refractivity contribution in [3.8, 4) is 5.69 Å². The highest BCUT2D eigenvalue weighted by molar-refractivity contribution is 5.88. The number of benzene rings is 1. The van der Waals surface area contributed by atoms with Crippen molar-refractivity contribution in [2.24, 2.45) is 0 Å². The SMILES string of the molecule is Cc1cc(C)cc(-n2ncc3c(N(C)C4=CCOO4)ncnc32)c1. The first kappa shape index (κ1) is 14.6. The fraction of sp³-hybridized carbons (Fsp3) is 0.235. The Labute approximate surface area is 139 Å². The molecule has 1 aliphatic rings. The van der Waals surface area contributed by atoms with E-state index in [4.69, 9.17) is 9.78 Å². The molecule has 0 atom stereocenters. The smallest absolute Gasteiger partial charge is 0.236 e. The van der Waals surface area contributed by atoms with Crippen molar-refractivity contribution in [3.05, 3.63) is 53.8 Å². The monoisotopic (exact) mass is 323 g/mol. The maximum atomic E-state index is 5.14. The zero-order valence-electron chi connectivity index (χ0n) is 13.7. The fourth-order valence-electron chi connectivity index (χ4n) is 2.89. The second-order valence-corrected chi connectivity index (χ2v) is 5.81.